The zero-order chi connectivity index (χ0) is 19.2. The third-order valence-corrected chi connectivity index (χ3v) is 10.4. The first kappa shape index (κ1) is 20.0. The zero-order valence-corrected chi connectivity index (χ0v) is 19.0. The summed E-state index contributed by atoms with van der Waals surface area (Å²) in [5.74, 6) is 6.76. The molecule has 8 atom stereocenters. The Morgan fingerprint density at radius 3 is 2.37 bits per heavy atom. The van der Waals surface area contributed by atoms with Crippen molar-refractivity contribution < 1.29 is 0 Å². The second kappa shape index (κ2) is 7.53. The molecule has 4 saturated carbocycles. The summed E-state index contributed by atoms with van der Waals surface area (Å²) in [6, 6.07) is 0. The van der Waals surface area contributed by atoms with Crippen molar-refractivity contribution in [3.63, 3.8) is 0 Å². The predicted molar refractivity (Wildman–Crippen MR) is 118 cm³/mol. The molecule has 0 spiro atoms. The van der Waals surface area contributed by atoms with E-state index >= 15 is 0 Å². The van der Waals surface area contributed by atoms with Gasteiger partial charge in [-0.3, -0.25) is 0 Å². The van der Waals surface area contributed by atoms with Crippen LogP contribution in [0.15, 0.2) is 12.2 Å². The highest BCUT2D eigenvalue weighted by Gasteiger charge is 2.59. The van der Waals surface area contributed by atoms with Crippen molar-refractivity contribution in [3.05, 3.63) is 12.2 Å². The molecule has 0 aromatic carbocycles. The lowest BCUT2D eigenvalue weighted by molar-refractivity contribution is -0.114. The highest BCUT2D eigenvalue weighted by molar-refractivity contribution is 5.09. The summed E-state index contributed by atoms with van der Waals surface area (Å²) in [5, 5.41) is 0. The van der Waals surface area contributed by atoms with E-state index in [9.17, 15) is 0 Å². The third kappa shape index (κ3) is 3.36. The van der Waals surface area contributed by atoms with Crippen molar-refractivity contribution in [2.75, 3.05) is 0 Å². The summed E-state index contributed by atoms with van der Waals surface area (Å²) in [7, 11) is 0. The smallest absolute Gasteiger partial charge is 0.0264 e. The van der Waals surface area contributed by atoms with E-state index in [1.165, 1.54) is 32.1 Å². The summed E-state index contributed by atoms with van der Waals surface area (Å²) in [4.78, 5) is 0. The van der Waals surface area contributed by atoms with Gasteiger partial charge in [-0.15, -0.1) is 0 Å². The van der Waals surface area contributed by atoms with Gasteiger partial charge in [-0.25, -0.2) is 0 Å². The van der Waals surface area contributed by atoms with Gasteiger partial charge in [0.15, 0.2) is 0 Å². The molecule has 0 heterocycles. The molecule has 0 N–H and O–H groups in total. The van der Waals surface area contributed by atoms with Crippen molar-refractivity contribution in [2.45, 2.75) is 105 Å². The van der Waals surface area contributed by atoms with Crippen molar-refractivity contribution in [3.8, 4) is 0 Å². The van der Waals surface area contributed by atoms with Crippen molar-refractivity contribution in [1.82, 2.24) is 0 Å². The summed E-state index contributed by atoms with van der Waals surface area (Å²) in [6.45, 7) is 12.6. The van der Waals surface area contributed by atoms with Gasteiger partial charge in [0, 0.05) is 0 Å². The molecular formula is C27H46. The Morgan fingerprint density at radius 1 is 0.815 bits per heavy atom. The van der Waals surface area contributed by atoms with Crippen LogP contribution in [0.1, 0.15) is 105 Å². The average Bonchev–Trinajstić information content (AvgIpc) is 2.98. The normalized spacial score (nSPS) is 48.3. The largest absolute Gasteiger partial charge is 0.0880 e. The molecule has 0 heteroatoms. The van der Waals surface area contributed by atoms with Gasteiger partial charge in [0.05, 0.1) is 0 Å². The lowest BCUT2D eigenvalue weighted by Crippen LogP contribution is -2.53. The van der Waals surface area contributed by atoms with Gasteiger partial charge in [0.1, 0.15) is 0 Å². The lowest BCUT2D eigenvalue weighted by atomic mass is 9.44. The van der Waals surface area contributed by atoms with E-state index in [2.05, 4.69) is 46.8 Å². The minimum atomic E-state index is 0.643. The predicted octanol–water partition coefficient (Wildman–Crippen LogP) is 8.27. The standard InChI is InChI=1S/C27H46/c1-19(2)9-8-10-20(3)23-14-15-24-22-13-12-21-11-6-7-17-26(21,4)25(22)16-18-27(23,24)5/h8-9,19-25H,6-7,10-18H2,1-5H3/b9-8-/t20-,21+,22+,23-,24+,25+,26+,27-/m1/s1. The molecule has 154 valence electrons. The Balaban J connectivity index is 1.49. The summed E-state index contributed by atoms with van der Waals surface area (Å²) in [5.41, 5.74) is 1.34. The molecule has 27 heavy (non-hydrogen) atoms. The number of fused-ring (bicyclic) bond motifs is 5. The van der Waals surface area contributed by atoms with Gasteiger partial charge in [0.25, 0.3) is 0 Å². The highest BCUT2D eigenvalue weighted by atomic mass is 14.6. The first-order chi connectivity index (χ1) is 12.9. The molecule has 0 aromatic rings. The van der Waals surface area contributed by atoms with E-state index in [1.54, 1.807) is 38.5 Å². The van der Waals surface area contributed by atoms with Gasteiger partial charge in [0.2, 0.25) is 0 Å². The molecule has 0 aliphatic heterocycles. The van der Waals surface area contributed by atoms with E-state index in [-0.39, 0.29) is 0 Å². The van der Waals surface area contributed by atoms with Crippen molar-refractivity contribution in [2.24, 2.45) is 52.3 Å². The average molecular weight is 371 g/mol. The van der Waals surface area contributed by atoms with Gasteiger partial charge >= 0.3 is 0 Å². The summed E-state index contributed by atoms with van der Waals surface area (Å²) < 4.78 is 0. The van der Waals surface area contributed by atoms with Crippen molar-refractivity contribution in [1.29, 1.82) is 0 Å². The van der Waals surface area contributed by atoms with Crippen LogP contribution in [0.25, 0.3) is 0 Å². The first-order valence-electron chi connectivity index (χ1n) is 12.5. The number of rotatable bonds is 4. The Bertz CT molecular complexity index is 544. The molecule has 4 aliphatic carbocycles. The lowest BCUT2D eigenvalue weighted by Gasteiger charge is -2.61. The molecule has 0 bridgehead atoms. The minimum Gasteiger partial charge on any atom is -0.0880 e. The maximum Gasteiger partial charge on any atom is -0.0264 e. The second-order valence-electron chi connectivity index (χ2n) is 12.0. The van der Waals surface area contributed by atoms with Gasteiger partial charge in [-0.1, -0.05) is 59.6 Å². The van der Waals surface area contributed by atoms with E-state index in [0.717, 1.165) is 35.5 Å². The molecule has 0 saturated heterocycles. The van der Waals surface area contributed by atoms with Gasteiger partial charge < -0.3 is 0 Å². The van der Waals surface area contributed by atoms with Crippen LogP contribution in [-0.4, -0.2) is 0 Å². The number of hydrogen-bond donors (Lipinski definition) is 0. The SMILES string of the molecule is CC(C)/C=C\C[C@@H](C)[C@H]1CC[C@H]2[C@@H]3CC[C@@H]4CCCC[C@]4(C)[C@H]3CC[C@]12C. The topological polar surface area (TPSA) is 0 Å². The molecular weight excluding hydrogens is 324 g/mol. The van der Waals surface area contributed by atoms with Crippen LogP contribution in [0.4, 0.5) is 0 Å². The van der Waals surface area contributed by atoms with E-state index in [0.29, 0.717) is 16.7 Å². The van der Waals surface area contributed by atoms with Crippen LogP contribution in [0, 0.1) is 52.3 Å². The van der Waals surface area contributed by atoms with Gasteiger partial charge in [-0.2, -0.15) is 0 Å². The third-order valence-electron chi connectivity index (χ3n) is 10.4. The number of hydrogen-bond acceptors (Lipinski definition) is 0. The van der Waals surface area contributed by atoms with Crippen LogP contribution >= 0.6 is 0 Å². The van der Waals surface area contributed by atoms with Crippen molar-refractivity contribution >= 4 is 0 Å². The molecule has 0 amide bonds. The molecule has 4 aliphatic rings. The van der Waals surface area contributed by atoms with Crippen LogP contribution in [0.2, 0.25) is 0 Å². The molecule has 4 rings (SSSR count). The van der Waals surface area contributed by atoms with E-state index in [4.69, 9.17) is 0 Å². The summed E-state index contributed by atoms with van der Waals surface area (Å²) >= 11 is 0. The first-order valence-corrected chi connectivity index (χ1v) is 12.5. The maximum atomic E-state index is 2.73. The van der Waals surface area contributed by atoms with Crippen LogP contribution in [0.5, 0.6) is 0 Å². The molecule has 0 radical (unpaired) electrons. The Kier molecular flexibility index (Phi) is 5.59. The molecule has 0 aromatic heterocycles. The second-order valence-corrected chi connectivity index (χ2v) is 12.0. The Hall–Kier alpha value is -0.260. The molecule has 4 fully saturated rings. The van der Waals surface area contributed by atoms with E-state index < -0.39 is 0 Å². The van der Waals surface area contributed by atoms with Crippen LogP contribution < -0.4 is 0 Å². The quantitative estimate of drug-likeness (QED) is 0.437. The number of allylic oxidation sites excluding steroid dienone is 2. The fourth-order valence-electron chi connectivity index (χ4n) is 9.00. The monoisotopic (exact) mass is 370 g/mol. The van der Waals surface area contributed by atoms with Gasteiger partial charge in [-0.05, 0) is 110 Å². The van der Waals surface area contributed by atoms with Crippen LogP contribution in [0.3, 0.4) is 0 Å². The zero-order valence-electron chi connectivity index (χ0n) is 19.0. The maximum absolute atomic E-state index is 2.73. The summed E-state index contributed by atoms with van der Waals surface area (Å²) in [6.07, 6.45) is 21.6. The molecule has 0 unspecified atom stereocenters. The minimum absolute atomic E-state index is 0.643. The Labute approximate surface area is 170 Å². The fraction of sp³-hybridized carbons (Fsp3) is 0.926. The van der Waals surface area contributed by atoms with Crippen LogP contribution in [-0.2, 0) is 0 Å². The Morgan fingerprint density at radius 2 is 1.59 bits per heavy atom. The van der Waals surface area contributed by atoms with E-state index in [1.807, 2.05) is 0 Å². The fourth-order valence-corrected chi connectivity index (χ4v) is 9.00. The molecule has 0 nitrogen and oxygen atoms in total. The highest BCUT2D eigenvalue weighted by Crippen LogP contribution is 2.68.